The standard InChI is InChI=1S/C13H15N3O/c1-9(2)4-5-12-15-13(17-16-12)11-6-10(3)7-14-8-11/h4-9H,1-3H3/b5-4+. The highest BCUT2D eigenvalue weighted by atomic mass is 16.5. The van der Waals surface area contributed by atoms with E-state index in [0.717, 1.165) is 11.1 Å². The average molecular weight is 229 g/mol. The number of pyridine rings is 1. The third kappa shape index (κ3) is 3.00. The van der Waals surface area contributed by atoms with E-state index in [4.69, 9.17) is 4.52 Å². The normalized spacial score (nSPS) is 11.5. The van der Waals surface area contributed by atoms with Crippen LogP contribution in [-0.2, 0) is 0 Å². The van der Waals surface area contributed by atoms with E-state index in [9.17, 15) is 0 Å². The minimum absolute atomic E-state index is 0.470. The molecule has 2 rings (SSSR count). The molecule has 0 aliphatic heterocycles. The van der Waals surface area contributed by atoms with Crippen LogP contribution in [0.4, 0.5) is 0 Å². The second-order valence-electron chi connectivity index (χ2n) is 4.31. The molecule has 4 heteroatoms. The maximum atomic E-state index is 5.19. The van der Waals surface area contributed by atoms with Crippen LogP contribution in [0.3, 0.4) is 0 Å². The van der Waals surface area contributed by atoms with Gasteiger partial charge in [-0.3, -0.25) is 4.98 Å². The Balaban J connectivity index is 2.24. The molecule has 0 aliphatic carbocycles. The first-order chi connectivity index (χ1) is 8.15. The Labute approximate surface area is 100 Å². The molecule has 0 saturated carbocycles. The van der Waals surface area contributed by atoms with Gasteiger partial charge in [-0.05, 0) is 30.5 Å². The van der Waals surface area contributed by atoms with Crippen LogP contribution in [0.2, 0.25) is 0 Å². The lowest BCUT2D eigenvalue weighted by atomic mass is 10.2. The molecule has 88 valence electrons. The van der Waals surface area contributed by atoms with Crippen molar-refractivity contribution in [2.75, 3.05) is 0 Å². The minimum atomic E-state index is 0.470. The fourth-order valence-corrected chi connectivity index (χ4v) is 1.37. The maximum absolute atomic E-state index is 5.19. The first-order valence-electron chi connectivity index (χ1n) is 5.59. The summed E-state index contributed by atoms with van der Waals surface area (Å²) in [6.45, 7) is 6.18. The molecule has 0 aromatic carbocycles. The summed E-state index contributed by atoms with van der Waals surface area (Å²) in [4.78, 5) is 8.39. The van der Waals surface area contributed by atoms with E-state index in [1.165, 1.54) is 0 Å². The van der Waals surface area contributed by atoms with Crippen molar-refractivity contribution in [3.05, 3.63) is 35.9 Å². The Morgan fingerprint density at radius 1 is 1.29 bits per heavy atom. The average Bonchev–Trinajstić information content (AvgIpc) is 2.75. The van der Waals surface area contributed by atoms with Gasteiger partial charge in [0.1, 0.15) is 0 Å². The predicted octanol–water partition coefficient (Wildman–Crippen LogP) is 3.11. The van der Waals surface area contributed by atoms with Crippen LogP contribution >= 0.6 is 0 Å². The lowest BCUT2D eigenvalue weighted by Gasteiger charge is -1.94. The summed E-state index contributed by atoms with van der Waals surface area (Å²) in [5.41, 5.74) is 1.92. The highest BCUT2D eigenvalue weighted by molar-refractivity contribution is 5.53. The minimum Gasteiger partial charge on any atom is -0.334 e. The van der Waals surface area contributed by atoms with Crippen LogP contribution in [0.15, 0.2) is 29.1 Å². The predicted molar refractivity (Wildman–Crippen MR) is 66.1 cm³/mol. The molecule has 0 unspecified atom stereocenters. The van der Waals surface area contributed by atoms with Crippen molar-refractivity contribution in [1.82, 2.24) is 15.1 Å². The highest BCUT2D eigenvalue weighted by Crippen LogP contribution is 2.17. The summed E-state index contributed by atoms with van der Waals surface area (Å²) in [5.74, 6) is 1.57. The van der Waals surface area contributed by atoms with Crippen molar-refractivity contribution < 1.29 is 4.52 Å². The molecule has 2 aromatic heterocycles. The Bertz CT molecular complexity index is 529. The van der Waals surface area contributed by atoms with Gasteiger partial charge in [-0.1, -0.05) is 25.1 Å². The number of allylic oxidation sites excluding steroid dienone is 1. The molecule has 17 heavy (non-hydrogen) atoms. The maximum Gasteiger partial charge on any atom is 0.259 e. The van der Waals surface area contributed by atoms with E-state index in [2.05, 4.69) is 29.0 Å². The second-order valence-corrected chi connectivity index (χ2v) is 4.31. The van der Waals surface area contributed by atoms with Crippen molar-refractivity contribution in [1.29, 1.82) is 0 Å². The topological polar surface area (TPSA) is 51.8 Å². The van der Waals surface area contributed by atoms with Gasteiger partial charge in [0, 0.05) is 12.4 Å². The lowest BCUT2D eigenvalue weighted by molar-refractivity contribution is 0.428. The zero-order chi connectivity index (χ0) is 12.3. The van der Waals surface area contributed by atoms with Crippen molar-refractivity contribution in [3.63, 3.8) is 0 Å². The fraction of sp³-hybridized carbons (Fsp3) is 0.308. The molecule has 0 N–H and O–H groups in total. The number of rotatable bonds is 3. The molecule has 2 heterocycles. The van der Waals surface area contributed by atoms with Gasteiger partial charge in [-0.2, -0.15) is 4.98 Å². The monoisotopic (exact) mass is 229 g/mol. The van der Waals surface area contributed by atoms with Gasteiger partial charge < -0.3 is 4.52 Å². The number of aryl methyl sites for hydroxylation is 1. The Kier molecular flexibility index (Phi) is 3.32. The molecule has 0 aliphatic rings. The summed E-state index contributed by atoms with van der Waals surface area (Å²) in [7, 11) is 0. The van der Waals surface area contributed by atoms with Gasteiger partial charge in [0.2, 0.25) is 0 Å². The molecule has 0 bridgehead atoms. The van der Waals surface area contributed by atoms with Crippen molar-refractivity contribution in [3.8, 4) is 11.5 Å². The number of nitrogens with zero attached hydrogens (tertiary/aromatic N) is 3. The summed E-state index contributed by atoms with van der Waals surface area (Å²) >= 11 is 0. The van der Waals surface area contributed by atoms with Gasteiger partial charge in [-0.15, -0.1) is 0 Å². The van der Waals surface area contributed by atoms with Crippen LogP contribution < -0.4 is 0 Å². The Morgan fingerprint density at radius 3 is 2.82 bits per heavy atom. The van der Waals surface area contributed by atoms with Crippen molar-refractivity contribution in [2.45, 2.75) is 20.8 Å². The molecule has 0 radical (unpaired) electrons. The van der Waals surface area contributed by atoms with E-state index >= 15 is 0 Å². The van der Waals surface area contributed by atoms with Gasteiger partial charge >= 0.3 is 0 Å². The van der Waals surface area contributed by atoms with E-state index in [-0.39, 0.29) is 0 Å². The molecular weight excluding hydrogens is 214 g/mol. The van der Waals surface area contributed by atoms with E-state index in [0.29, 0.717) is 17.6 Å². The first-order valence-corrected chi connectivity index (χ1v) is 5.59. The third-order valence-corrected chi connectivity index (χ3v) is 2.19. The summed E-state index contributed by atoms with van der Waals surface area (Å²) in [6.07, 6.45) is 7.40. The zero-order valence-corrected chi connectivity index (χ0v) is 10.2. The van der Waals surface area contributed by atoms with Crippen LogP contribution in [0.25, 0.3) is 17.5 Å². The quantitative estimate of drug-likeness (QED) is 0.811. The summed E-state index contributed by atoms with van der Waals surface area (Å²) in [5, 5.41) is 3.89. The SMILES string of the molecule is Cc1cncc(-c2nc(/C=C/C(C)C)no2)c1. The van der Waals surface area contributed by atoms with Crippen LogP contribution in [0, 0.1) is 12.8 Å². The van der Waals surface area contributed by atoms with E-state index < -0.39 is 0 Å². The second kappa shape index (κ2) is 4.91. The number of hydrogen-bond acceptors (Lipinski definition) is 4. The largest absolute Gasteiger partial charge is 0.334 e. The smallest absolute Gasteiger partial charge is 0.259 e. The lowest BCUT2D eigenvalue weighted by Crippen LogP contribution is -1.83. The van der Waals surface area contributed by atoms with Crippen molar-refractivity contribution >= 4 is 6.08 Å². The zero-order valence-electron chi connectivity index (χ0n) is 10.2. The molecule has 0 saturated heterocycles. The highest BCUT2D eigenvalue weighted by Gasteiger charge is 2.07. The molecule has 0 spiro atoms. The summed E-state index contributed by atoms with van der Waals surface area (Å²) in [6, 6.07) is 1.97. The van der Waals surface area contributed by atoms with Gasteiger partial charge in [0.15, 0.2) is 5.82 Å². The molecule has 0 fully saturated rings. The summed E-state index contributed by atoms with van der Waals surface area (Å²) < 4.78 is 5.19. The van der Waals surface area contributed by atoms with Crippen LogP contribution in [0.1, 0.15) is 25.2 Å². The third-order valence-electron chi connectivity index (χ3n) is 2.19. The number of aromatic nitrogens is 3. The molecule has 4 nitrogen and oxygen atoms in total. The first kappa shape index (κ1) is 11.5. The van der Waals surface area contributed by atoms with Gasteiger partial charge in [-0.25, -0.2) is 0 Å². The fourth-order valence-electron chi connectivity index (χ4n) is 1.37. The van der Waals surface area contributed by atoms with E-state index in [1.54, 1.807) is 12.4 Å². The molecule has 0 atom stereocenters. The van der Waals surface area contributed by atoms with Crippen LogP contribution in [-0.4, -0.2) is 15.1 Å². The van der Waals surface area contributed by atoms with Gasteiger partial charge in [0.05, 0.1) is 5.56 Å². The van der Waals surface area contributed by atoms with E-state index in [1.807, 2.05) is 25.1 Å². The Hall–Kier alpha value is -1.97. The molecule has 0 amide bonds. The number of hydrogen-bond donors (Lipinski definition) is 0. The molecular formula is C13H15N3O. The van der Waals surface area contributed by atoms with Crippen molar-refractivity contribution in [2.24, 2.45) is 5.92 Å². The van der Waals surface area contributed by atoms with Gasteiger partial charge in [0.25, 0.3) is 5.89 Å². The Morgan fingerprint density at radius 2 is 2.12 bits per heavy atom. The van der Waals surface area contributed by atoms with Crippen LogP contribution in [0.5, 0.6) is 0 Å². The molecule has 2 aromatic rings.